The number of hydrogen-bond acceptors (Lipinski definition) is 5. The molecule has 0 N–H and O–H groups in total. The van der Waals surface area contributed by atoms with Crippen LogP contribution < -0.4 is 0 Å². The highest BCUT2D eigenvalue weighted by Gasteiger charge is 2.32. The summed E-state index contributed by atoms with van der Waals surface area (Å²) in [5, 5.41) is 10.9. The molecule has 0 atom stereocenters. The van der Waals surface area contributed by atoms with Crippen molar-refractivity contribution < 1.29 is 18.1 Å². The molecule has 0 saturated carbocycles. The fraction of sp³-hybridized carbons (Fsp3) is 0.348. The van der Waals surface area contributed by atoms with E-state index in [0.717, 1.165) is 22.3 Å². The Balaban J connectivity index is 1.70. The van der Waals surface area contributed by atoms with Gasteiger partial charge in [-0.05, 0) is 61.6 Å². The molecule has 1 amide bonds. The highest BCUT2D eigenvalue weighted by atomic mass is 32.2. The Morgan fingerprint density at radius 1 is 1.00 bits per heavy atom. The number of nitro benzene ring substituents is 1. The summed E-state index contributed by atoms with van der Waals surface area (Å²) in [7, 11) is -3.67. The van der Waals surface area contributed by atoms with Crippen LogP contribution in [0.25, 0.3) is 6.08 Å². The summed E-state index contributed by atoms with van der Waals surface area (Å²) in [6.07, 6.45) is 2.89. The first-order chi connectivity index (χ1) is 15.0. The van der Waals surface area contributed by atoms with Gasteiger partial charge in [0, 0.05) is 44.4 Å². The molecule has 0 spiro atoms. The van der Waals surface area contributed by atoms with Gasteiger partial charge < -0.3 is 4.90 Å². The van der Waals surface area contributed by atoms with E-state index in [1.807, 2.05) is 33.8 Å². The SMILES string of the molecule is Cc1cc(C)c(C)c(S(=O)(=O)N2CCN(C(=O)/C=C/c3cccc([N+](=O)[O-])c3)CC2)c1C. The van der Waals surface area contributed by atoms with Crippen LogP contribution in [0.15, 0.2) is 41.3 Å². The second kappa shape index (κ2) is 9.22. The average Bonchev–Trinajstić information content (AvgIpc) is 2.76. The molecule has 2 aromatic rings. The van der Waals surface area contributed by atoms with Crippen molar-refractivity contribution in [2.45, 2.75) is 32.6 Å². The summed E-state index contributed by atoms with van der Waals surface area (Å²) in [5.41, 5.74) is 3.89. The molecule has 0 unspecified atom stereocenters. The molecule has 2 aromatic carbocycles. The number of amides is 1. The molecule has 9 heteroatoms. The lowest BCUT2D eigenvalue weighted by atomic mass is 10.0. The molecule has 0 aromatic heterocycles. The maximum atomic E-state index is 13.4. The number of benzene rings is 2. The van der Waals surface area contributed by atoms with Crippen molar-refractivity contribution in [3.05, 3.63) is 74.3 Å². The molecule has 3 rings (SSSR count). The van der Waals surface area contributed by atoms with E-state index < -0.39 is 14.9 Å². The third-order valence-corrected chi connectivity index (χ3v) is 8.12. The van der Waals surface area contributed by atoms with Gasteiger partial charge in [-0.3, -0.25) is 14.9 Å². The molecular formula is C23H27N3O5S. The minimum atomic E-state index is -3.67. The summed E-state index contributed by atoms with van der Waals surface area (Å²) in [4.78, 5) is 24.9. The van der Waals surface area contributed by atoms with Gasteiger partial charge >= 0.3 is 0 Å². The Bertz CT molecular complexity index is 1170. The molecule has 0 bridgehead atoms. The van der Waals surface area contributed by atoms with Crippen molar-refractivity contribution in [3.8, 4) is 0 Å². The first-order valence-corrected chi connectivity index (χ1v) is 11.8. The lowest BCUT2D eigenvalue weighted by Crippen LogP contribution is -2.50. The number of nitrogens with zero attached hydrogens (tertiary/aromatic N) is 3. The fourth-order valence-electron chi connectivity index (χ4n) is 3.86. The van der Waals surface area contributed by atoms with E-state index in [0.29, 0.717) is 10.5 Å². The third kappa shape index (κ3) is 4.73. The van der Waals surface area contributed by atoms with Crippen molar-refractivity contribution in [1.82, 2.24) is 9.21 Å². The Hall–Kier alpha value is -3.04. The summed E-state index contributed by atoms with van der Waals surface area (Å²) < 4.78 is 28.2. The van der Waals surface area contributed by atoms with Crippen LogP contribution in [0.2, 0.25) is 0 Å². The van der Waals surface area contributed by atoms with Crippen LogP contribution >= 0.6 is 0 Å². The van der Waals surface area contributed by atoms with E-state index in [9.17, 15) is 23.3 Å². The molecule has 1 heterocycles. The smallest absolute Gasteiger partial charge is 0.270 e. The average molecular weight is 458 g/mol. The number of nitro groups is 1. The predicted octanol–water partition coefficient (Wildman–Crippen LogP) is 3.37. The zero-order valence-corrected chi connectivity index (χ0v) is 19.5. The predicted molar refractivity (Wildman–Crippen MR) is 123 cm³/mol. The van der Waals surface area contributed by atoms with Gasteiger partial charge in [-0.25, -0.2) is 8.42 Å². The van der Waals surface area contributed by atoms with Gasteiger partial charge in [0.15, 0.2) is 0 Å². The molecule has 1 aliphatic heterocycles. The molecule has 1 fully saturated rings. The van der Waals surface area contributed by atoms with Gasteiger partial charge in [-0.15, -0.1) is 0 Å². The second-order valence-electron chi connectivity index (χ2n) is 8.00. The van der Waals surface area contributed by atoms with Crippen molar-refractivity contribution >= 4 is 27.7 Å². The largest absolute Gasteiger partial charge is 0.337 e. The highest BCUT2D eigenvalue weighted by molar-refractivity contribution is 7.89. The van der Waals surface area contributed by atoms with Crippen molar-refractivity contribution in [2.75, 3.05) is 26.2 Å². The molecular weight excluding hydrogens is 430 g/mol. The van der Waals surface area contributed by atoms with Crippen LogP contribution in [0, 0.1) is 37.8 Å². The maximum Gasteiger partial charge on any atom is 0.270 e. The zero-order valence-electron chi connectivity index (χ0n) is 18.7. The maximum absolute atomic E-state index is 13.4. The molecule has 1 saturated heterocycles. The minimum Gasteiger partial charge on any atom is -0.337 e. The standard InChI is InChI=1S/C23H27N3O5S/c1-16-14-17(2)19(4)23(18(16)3)32(30,31)25-12-10-24(11-13-25)22(27)9-8-20-6-5-7-21(15-20)26(28)29/h5-9,14-15H,10-13H2,1-4H3/b9-8+. The Labute approximate surface area is 188 Å². The topological polar surface area (TPSA) is 101 Å². The lowest BCUT2D eigenvalue weighted by molar-refractivity contribution is -0.384. The number of carbonyl (C=O) groups is 1. The van der Waals surface area contributed by atoms with Crippen LogP contribution in [0.3, 0.4) is 0 Å². The highest BCUT2D eigenvalue weighted by Crippen LogP contribution is 2.29. The number of piperazine rings is 1. The summed E-state index contributed by atoms with van der Waals surface area (Å²) in [6, 6.07) is 8.01. The van der Waals surface area contributed by atoms with Crippen molar-refractivity contribution in [2.24, 2.45) is 0 Å². The first kappa shape index (κ1) is 23.6. The Morgan fingerprint density at radius 2 is 1.59 bits per heavy atom. The molecule has 32 heavy (non-hydrogen) atoms. The van der Waals surface area contributed by atoms with Crippen LogP contribution in [0.4, 0.5) is 5.69 Å². The monoisotopic (exact) mass is 457 g/mol. The molecule has 170 valence electrons. The number of aryl methyl sites for hydroxylation is 2. The van der Waals surface area contributed by atoms with Gasteiger partial charge in [0.25, 0.3) is 5.69 Å². The van der Waals surface area contributed by atoms with Crippen LogP contribution in [-0.4, -0.2) is 54.6 Å². The third-order valence-electron chi connectivity index (χ3n) is 5.94. The number of sulfonamides is 1. The summed E-state index contributed by atoms with van der Waals surface area (Å²) in [5.74, 6) is -0.257. The van der Waals surface area contributed by atoms with E-state index in [-0.39, 0.29) is 37.8 Å². The van der Waals surface area contributed by atoms with E-state index in [4.69, 9.17) is 0 Å². The van der Waals surface area contributed by atoms with E-state index in [1.54, 1.807) is 17.0 Å². The number of non-ortho nitro benzene ring substituents is 1. The van der Waals surface area contributed by atoms with E-state index in [2.05, 4.69) is 0 Å². The lowest BCUT2D eigenvalue weighted by Gasteiger charge is -2.34. The number of hydrogen-bond donors (Lipinski definition) is 0. The van der Waals surface area contributed by atoms with Crippen molar-refractivity contribution in [1.29, 1.82) is 0 Å². The summed E-state index contributed by atoms with van der Waals surface area (Å²) in [6.45, 7) is 8.45. The van der Waals surface area contributed by atoms with Gasteiger partial charge in [0.05, 0.1) is 9.82 Å². The Kier molecular flexibility index (Phi) is 6.80. The van der Waals surface area contributed by atoms with Gasteiger partial charge in [-0.2, -0.15) is 4.31 Å². The van der Waals surface area contributed by atoms with Gasteiger partial charge in [0.1, 0.15) is 0 Å². The van der Waals surface area contributed by atoms with Gasteiger partial charge in [-0.1, -0.05) is 18.2 Å². The molecule has 1 aliphatic rings. The van der Waals surface area contributed by atoms with Crippen LogP contribution in [0.5, 0.6) is 0 Å². The summed E-state index contributed by atoms with van der Waals surface area (Å²) >= 11 is 0. The van der Waals surface area contributed by atoms with Crippen LogP contribution in [0.1, 0.15) is 27.8 Å². The fourth-order valence-corrected chi connectivity index (χ4v) is 5.86. The molecule has 0 radical (unpaired) electrons. The number of rotatable bonds is 5. The minimum absolute atomic E-state index is 0.0459. The second-order valence-corrected chi connectivity index (χ2v) is 9.88. The Morgan fingerprint density at radius 3 is 2.16 bits per heavy atom. The van der Waals surface area contributed by atoms with Gasteiger partial charge in [0.2, 0.25) is 15.9 Å². The quantitative estimate of drug-likeness (QED) is 0.389. The van der Waals surface area contributed by atoms with Crippen LogP contribution in [-0.2, 0) is 14.8 Å². The normalized spacial score (nSPS) is 15.3. The van der Waals surface area contributed by atoms with Crippen molar-refractivity contribution in [3.63, 3.8) is 0 Å². The first-order valence-electron chi connectivity index (χ1n) is 10.3. The molecule has 0 aliphatic carbocycles. The van der Waals surface area contributed by atoms with E-state index >= 15 is 0 Å². The zero-order chi connectivity index (χ0) is 23.6. The molecule has 8 nitrogen and oxygen atoms in total. The number of carbonyl (C=O) groups excluding carboxylic acids is 1. The van der Waals surface area contributed by atoms with E-state index in [1.165, 1.54) is 28.6 Å².